The van der Waals surface area contributed by atoms with Crippen molar-refractivity contribution in [2.45, 2.75) is 31.7 Å². The second-order valence-electron chi connectivity index (χ2n) is 4.61. The Morgan fingerprint density at radius 1 is 1.53 bits per heavy atom. The normalized spacial score (nSPS) is 16.8. The third-order valence-corrected chi connectivity index (χ3v) is 3.31. The van der Waals surface area contributed by atoms with E-state index in [1.54, 1.807) is 12.1 Å². The van der Waals surface area contributed by atoms with Crippen LogP contribution in [0.4, 0.5) is 5.69 Å². The Hall–Kier alpha value is -1.86. The Bertz CT molecular complexity index is 498. The number of anilines is 1. The molecule has 3 N–H and O–H groups in total. The molecule has 4 heteroatoms. The molecule has 2 rings (SSSR count). The van der Waals surface area contributed by atoms with E-state index < -0.39 is 5.54 Å². The van der Waals surface area contributed by atoms with Crippen LogP contribution >= 0.6 is 0 Å². The molecule has 1 aromatic rings. The number of nitrogens with two attached hydrogens (primary N) is 1. The zero-order valence-electron chi connectivity index (χ0n) is 9.79. The summed E-state index contributed by atoms with van der Waals surface area (Å²) in [5.74, 6) is -0.151. The van der Waals surface area contributed by atoms with E-state index in [1.807, 2.05) is 13.0 Å². The molecule has 1 aromatic carbocycles. The average molecular weight is 229 g/mol. The van der Waals surface area contributed by atoms with Gasteiger partial charge in [-0.25, -0.2) is 0 Å². The zero-order chi connectivity index (χ0) is 12.5. The van der Waals surface area contributed by atoms with E-state index in [1.165, 1.54) is 0 Å². The summed E-state index contributed by atoms with van der Waals surface area (Å²) in [4.78, 5) is 11.9. The van der Waals surface area contributed by atoms with Gasteiger partial charge in [0.15, 0.2) is 0 Å². The zero-order valence-corrected chi connectivity index (χ0v) is 9.79. The molecular formula is C13H15N3O. The van der Waals surface area contributed by atoms with Crippen LogP contribution in [-0.4, -0.2) is 11.4 Å². The topological polar surface area (TPSA) is 78.9 Å². The lowest BCUT2D eigenvalue weighted by molar-refractivity contribution is -0.123. The first-order valence-electron chi connectivity index (χ1n) is 5.66. The lowest BCUT2D eigenvalue weighted by Crippen LogP contribution is -2.56. The van der Waals surface area contributed by atoms with Gasteiger partial charge in [-0.05, 0) is 43.9 Å². The number of hydrogen-bond acceptors (Lipinski definition) is 3. The van der Waals surface area contributed by atoms with Gasteiger partial charge in [-0.2, -0.15) is 5.26 Å². The maximum Gasteiger partial charge on any atom is 0.244 e. The van der Waals surface area contributed by atoms with Crippen LogP contribution in [-0.2, 0) is 4.79 Å². The fourth-order valence-corrected chi connectivity index (χ4v) is 1.86. The number of benzene rings is 1. The molecule has 0 atom stereocenters. The van der Waals surface area contributed by atoms with Crippen molar-refractivity contribution < 1.29 is 4.79 Å². The van der Waals surface area contributed by atoms with Gasteiger partial charge in [0.05, 0.1) is 17.2 Å². The standard InChI is InChI=1S/C13H15N3O/c1-9-3-4-10(8-14)7-11(9)16-12(17)13(15)5-2-6-13/h3-4,7H,2,5-6,15H2,1H3,(H,16,17). The molecule has 0 aromatic heterocycles. The molecule has 0 heterocycles. The van der Waals surface area contributed by atoms with Crippen LogP contribution in [0.25, 0.3) is 0 Å². The SMILES string of the molecule is Cc1ccc(C#N)cc1NC(=O)C1(N)CCC1. The molecule has 1 saturated carbocycles. The molecule has 0 aliphatic heterocycles. The molecule has 0 saturated heterocycles. The second-order valence-corrected chi connectivity index (χ2v) is 4.61. The predicted octanol–water partition coefficient (Wildman–Crippen LogP) is 1.69. The van der Waals surface area contributed by atoms with Crippen LogP contribution in [0.3, 0.4) is 0 Å². The molecule has 0 unspecified atom stereocenters. The van der Waals surface area contributed by atoms with Crippen LogP contribution in [0.1, 0.15) is 30.4 Å². The summed E-state index contributed by atoms with van der Waals surface area (Å²) in [5, 5.41) is 11.6. The number of amides is 1. The first-order chi connectivity index (χ1) is 8.05. The maximum absolute atomic E-state index is 11.9. The summed E-state index contributed by atoms with van der Waals surface area (Å²) >= 11 is 0. The average Bonchev–Trinajstić information content (AvgIpc) is 2.28. The van der Waals surface area contributed by atoms with E-state index in [2.05, 4.69) is 11.4 Å². The second kappa shape index (κ2) is 4.19. The highest BCUT2D eigenvalue weighted by Gasteiger charge is 2.40. The largest absolute Gasteiger partial charge is 0.324 e. The Morgan fingerprint density at radius 2 is 2.24 bits per heavy atom. The van der Waals surface area contributed by atoms with Crippen molar-refractivity contribution in [3.8, 4) is 6.07 Å². The van der Waals surface area contributed by atoms with Gasteiger partial charge in [0.1, 0.15) is 0 Å². The predicted molar refractivity (Wildman–Crippen MR) is 65.3 cm³/mol. The number of nitriles is 1. The number of aryl methyl sites for hydroxylation is 1. The third-order valence-electron chi connectivity index (χ3n) is 3.31. The Balaban J connectivity index is 2.18. The lowest BCUT2D eigenvalue weighted by atomic mass is 9.77. The molecule has 4 nitrogen and oxygen atoms in total. The summed E-state index contributed by atoms with van der Waals surface area (Å²) in [7, 11) is 0. The molecule has 1 amide bonds. The highest BCUT2D eigenvalue weighted by atomic mass is 16.2. The van der Waals surface area contributed by atoms with E-state index >= 15 is 0 Å². The number of carbonyl (C=O) groups excluding carboxylic acids is 1. The van der Waals surface area contributed by atoms with Crippen molar-refractivity contribution in [3.63, 3.8) is 0 Å². The van der Waals surface area contributed by atoms with E-state index in [4.69, 9.17) is 11.0 Å². The molecule has 17 heavy (non-hydrogen) atoms. The Kier molecular flexibility index (Phi) is 2.86. The molecule has 0 spiro atoms. The fraction of sp³-hybridized carbons (Fsp3) is 0.385. The molecule has 1 aliphatic rings. The summed E-state index contributed by atoms with van der Waals surface area (Å²) < 4.78 is 0. The Labute approximate surface area is 100 Å². The van der Waals surface area contributed by atoms with Crippen molar-refractivity contribution in [2.75, 3.05) is 5.32 Å². The molecule has 0 radical (unpaired) electrons. The third kappa shape index (κ3) is 2.15. The molecule has 1 fully saturated rings. The van der Waals surface area contributed by atoms with Gasteiger partial charge < -0.3 is 11.1 Å². The number of rotatable bonds is 2. The van der Waals surface area contributed by atoms with Crippen LogP contribution in [0.15, 0.2) is 18.2 Å². The van der Waals surface area contributed by atoms with Crippen molar-refractivity contribution in [1.29, 1.82) is 5.26 Å². The van der Waals surface area contributed by atoms with Gasteiger partial charge in [0.2, 0.25) is 5.91 Å². The molecule has 0 bridgehead atoms. The molecular weight excluding hydrogens is 214 g/mol. The van der Waals surface area contributed by atoms with Crippen LogP contribution in [0, 0.1) is 18.3 Å². The minimum absolute atomic E-state index is 0.151. The molecule has 1 aliphatic carbocycles. The summed E-state index contributed by atoms with van der Waals surface area (Å²) in [6, 6.07) is 7.27. The number of carbonyl (C=O) groups is 1. The van der Waals surface area contributed by atoms with Crippen molar-refractivity contribution in [3.05, 3.63) is 29.3 Å². The van der Waals surface area contributed by atoms with Crippen LogP contribution in [0.2, 0.25) is 0 Å². The van der Waals surface area contributed by atoms with Gasteiger partial charge in [0.25, 0.3) is 0 Å². The van der Waals surface area contributed by atoms with Gasteiger partial charge in [-0.15, -0.1) is 0 Å². The number of nitrogens with zero attached hydrogens (tertiary/aromatic N) is 1. The lowest BCUT2D eigenvalue weighted by Gasteiger charge is -2.36. The van der Waals surface area contributed by atoms with E-state index in [9.17, 15) is 4.79 Å². The van der Waals surface area contributed by atoms with Gasteiger partial charge in [0, 0.05) is 5.69 Å². The minimum atomic E-state index is -0.713. The monoisotopic (exact) mass is 229 g/mol. The van der Waals surface area contributed by atoms with Gasteiger partial charge in [-0.3, -0.25) is 4.79 Å². The van der Waals surface area contributed by atoms with Gasteiger partial charge >= 0.3 is 0 Å². The van der Waals surface area contributed by atoms with Crippen molar-refractivity contribution in [2.24, 2.45) is 5.73 Å². The number of nitrogens with one attached hydrogen (secondary N) is 1. The first-order valence-corrected chi connectivity index (χ1v) is 5.66. The van der Waals surface area contributed by atoms with Crippen LogP contribution < -0.4 is 11.1 Å². The van der Waals surface area contributed by atoms with E-state index in [0.29, 0.717) is 11.3 Å². The summed E-state index contributed by atoms with van der Waals surface area (Å²) in [5.41, 5.74) is 7.36. The quantitative estimate of drug-likeness (QED) is 0.809. The first kappa shape index (κ1) is 11.6. The summed E-state index contributed by atoms with van der Waals surface area (Å²) in [6.45, 7) is 1.89. The highest BCUT2D eigenvalue weighted by molar-refractivity contribution is 5.99. The number of hydrogen-bond donors (Lipinski definition) is 2. The Morgan fingerprint density at radius 3 is 2.76 bits per heavy atom. The van der Waals surface area contributed by atoms with Crippen molar-refractivity contribution in [1.82, 2.24) is 0 Å². The highest BCUT2D eigenvalue weighted by Crippen LogP contribution is 2.30. The maximum atomic E-state index is 11.9. The van der Waals surface area contributed by atoms with Crippen LogP contribution in [0.5, 0.6) is 0 Å². The molecule has 88 valence electrons. The smallest absolute Gasteiger partial charge is 0.244 e. The van der Waals surface area contributed by atoms with E-state index in [0.717, 1.165) is 24.8 Å². The van der Waals surface area contributed by atoms with Crippen molar-refractivity contribution >= 4 is 11.6 Å². The fourth-order valence-electron chi connectivity index (χ4n) is 1.86. The minimum Gasteiger partial charge on any atom is -0.324 e. The van der Waals surface area contributed by atoms with Gasteiger partial charge in [-0.1, -0.05) is 6.07 Å². The summed E-state index contributed by atoms with van der Waals surface area (Å²) in [6.07, 6.45) is 2.47. The van der Waals surface area contributed by atoms with E-state index in [-0.39, 0.29) is 5.91 Å².